The Labute approximate surface area is 111 Å². The first-order valence-corrected chi connectivity index (χ1v) is 6.50. The number of carbonyl (C=O) groups excluding carboxylic acids is 1. The van der Waals surface area contributed by atoms with Crippen LogP contribution >= 0.6 is 0 Å². The highest BCUT2D eigenvalue weighted by molar-refractivity contribution is 6.00. The van der Waals surface area contributed by atoms with Crippen LogP contribution in [0.2, 0.25) is 0 Å². The first kappa shape index (κ1) is 12.1. The summed E-state index contributed by atoms with van der Waals surface area (Å²) < 4.78 is 1.66. The fraction of sp³-hybridized carbons (Fsp3) is 0.462. The van der Waals surface area contributed by atoms with Gasteiger partial charge in [-0.05, 0) is 12.3 Å². The Bertz CT molecular complexity index is 608. The zero-order valence-corrected chi connectivity index (χ0v) is 10.9. The third-order valence-electron chi connectivity index (χ3n) is 3.94. The molecule has 2 aromatic rings. The van der Waals surface area contributed by atoms with Crippen molar-refractivity contribution in [3.8, 4) is 0 Å². The summed E-state index contributed by atoms with van der Waals surface area (Å²) in [7, 11) is 0. The van der Waals surface area contributed by atoms with Crippen LogP contribution in [-0.2, 0) is 0 Å². The molecule has 0 radical (unpaired) electrons. The van der Waals surface area contributed by atoms with E-state index in [-0.39, 0.29) is 11.9 Å². The van der Waals surface area contributed by atoms with Gasteiger partial charge in [0.05, 0.1) is 23.5 Å². The minimum absolute atomic E-state index is 0.00259. The fourth-order valence-electron chi connectivity index (χ4n) is 2.77. The quantitative estimate of drug-likeness (QED) is 0.854. The molecule has 19 heavy (non-hydrogen) atoms. The molecular weight excluding hydrogens is 242 g/mol. The van der Waals surface area contributed by atoms with E-state index in [0.717, 1.165) is 18.5 Å². The smallest absolute Gasteiger partial charge is 0.258 e. The molecule has 1 aliphatic rings. The number of hydrogen-bond donors (Lipinski definition) is 1. The molecule has 2 N–H and O–H groups in total. The molecule has 1 aliphatic heterocycles. The van der Waals surface area contributed by atoms with Crippen molar-refractivity contribution in [2.45, 2.75) is 19.4 Å². The van der Waals surface area contributed by atoms with Gasteiger partial charge < -0.3 is 10.6 Å². The maximum Gasteiger partial charge on any atom is 0.258 e. The van der Waals surface area contributed by atoms with Crippen molar-refractivity contribution in [3.05, 3.63) is 30.4 Å². The molecule has 2 aromatic heterocycles. The minimum atomic E-state index is 0.00259. The number of carbonyl (C=O) groups is 1. The summed E-state index contributed by atoms with van der Waals surface area (Å²) in [6.45, 7) is 3.41. The normalized spacial score (nSPS) is 23.2. The Balaban J connectivity index is 1.96. The predicted molar refractivity (Wildman–Crippen MR) is 70.6 cm³/mol. The Morgan fingerprint density at radius 2 is 2.37 bits per heavy atom. The summed E-state index contributed by atoms with van der Waals surface area (Å²) in [4.78, 5) is 18.5. The first-order chi connectivity index (χ1) is 9.22. The Kier molecular flexibility index (Phi) is 2.94. The standard InChI is InChI=1S/C13H17N5O/c1-9-2-4-17(11(9)6-14)13(19)10-7-16-18-5-3-15-8-12(10)18/h3,5,7-9,11H,2,4,6,14H2,1H3. The van der Waals surface area contributed by atoms with E-state index >= 15 is 0 Å². The molecule has 1 amide bonds. The molecule has 0 aliphatic carbocycles. The largest absolute Gasteiger partial charge is 0.334 e. The van der Waals surface area contributed by atoms with E-state index in [2.05, 4.69) is 17.0 Å². The third kappa shape index (κ3) is 1.88. The number of nitrogens with zero attached hydrogens (tertiary/aromatic N) is 4. The fourth-order valence-corrected chi connectivity index (χ4v) is 2.77. The summed E-state index contributed by atoms with van der Waals surface area (Å²) in [6, 6.07) is 0.124. The van der Waals surface area contributed by atoms with Crippen molar-refractivity contribution < 1.29 is 4.79 Å². The summed E-state index contributed by atoms with van der Waals surface area (Å²) >= 11 is 0. The molecule has 2 atom stereocenters. The van der Waals surface area contributed by atoms with Gasteiger partial charge in [0, 0.05) is 31.5 Å². The van der Waals surface area contributed by atoms with Gasteiger partial charge in [-0.3, -0.25) is 9.78 Å². The zero-order chi connectivity index (χ0) is 13.4. The second-order valence-electron chi connectivity index (χ2n) is 5.03. The maximum absolute atomic E-state index is 12.6. The molecular formula is C13H17N5O. The summed E-state index contributed by atoms with van der Waals surface area (Å²) in [5, 5.41) is 4.18. The Hall–Kier alpha value is -1.95. The number of likely N-dealkylation sites (tertiary alicyclic amines) is 1. The molecule has 1 fully saturated rings. The van der Waals surface area contributed by atoms with Crippen molar-refractivity contribution in [1.82, 2.24) is 19.5 Å². The van der Waals surface area contributed by atoms with E-state index in [9.17, 15) is 4.79 Å². The Morgan fingerprint density at radius 3 is 3.16 bits per heavy atom. The molecule has 3 rings (SSSR count). The van der Waals surface area contributed by atoms with Gasteiger partial charge >= 0.3 is 0 Å². The SMILES string of the molecule is CC1CCN(C(=O)c2cnn3ccncc23)C1CN. The van der Waals surface area contributed by atoms with Crippen LogP contribution in [0.15, 0.2) is 24.8 Å². The second-order valence-corrected chi connectivity index (χ2v) is 5.03. The van der Waals surface area contributed by atoms with Gasteiger partial charge in [0.1, 0.15) is 0 Å². The number of nitrogens with two attached hydrogens (primary N) is 1. The highest BCUT2D eigenvalue weighted by Crippen LogP contribution is 2.25. The van der Waals surface area contributed by atoms with Crippen LogP contribution in [0.1, 0.15) is 23.7 Å². The molecule has 3 heterocycles. The Morgan fingerprint density at radius 1 is 1.53 bits per heavy atom. The van der Waals surface area contributed by atoms with E-state index in [1.54, 1.807) is 29.3 Å². The first-order valence-electron chi connectivity index (χ1n) is 6.50. The monoisotopic (exact) mass is 259 g/mol. The lowest BCUT2D eigenvalue weighted by molar-refractivity contribution is 0.0729. The number of aromatic nitrogens is 3. The topological polar surface area (TPSA) is 76.5 Å². The highest BCUT2D eigenvalue weighted by Gasteiger charge is 2.34. The van der Waals surface area contributed by atoms with E-state index in [0.29, 0.717) is 18.0 Å². The number of amides is 1. The van der Waals surface area contributed by atoms with Gasteiger partial charge in [-0.1, -0.05) is 6.92 Å². The van der Waals surface area contributed by atoms with Crippen LogP contribution in [0, 0.1) is 5.92 Å². The van der Waals surface area contributed by atoms with Crippen molar-refractivity contribution in [1.29, 1.82) is 0 Å². The average molecular weight is 259 g/mol. The van der Waals surface area contributed by atoms with Crippen LogP contribution in [0.25, 0.3) is 5.52 Å². The van der Waals surface area contributed by atoms with Gasteiger partial charge in [0.15, 0.2) is 0 Å². The van der Waals surface area contributed by atoms with Gasteiger partial charge in [-0.2, -0.15) is 5.10 Å². The van der Waals surface area contributed by atoms with Gasteiger partial charge in [-0.15, -0.1) is 0 Å². The molecule has 0 spiro atoms. The zero-order valence-electron chi connectivity index (χ0n) is 10.9. The molecule has 0 saturated carbocycles. The van der Waals surface area contributed by atoms with Crippen LogP contribution in [-0.4, -0.2) is 44.5 Å². The number of rotatable bonds is 2. The van der Waals surface area contributed by atoms with Crippen molar-refractivity contribution in [2.24, 2.45) is 11.7 Å². The number of fused-ring (bicyclic) bond motifs is 1. The van der Waals surface area contributed by atoms with Crippen LogP contribution in [0.3, 0.4) is 0 Å². The van der Waals surface area contributed by atoms with Gasteiger partial charge in [0.25, 0.3) is 5.91 Å². The van der Waals surface area contributed by atoms with Crippen molar-refractivity contribution >= 4 is 11.4 Å². The van der Waals surface area contributed by atoms with Gasteiger partial charge in [0.2, 0.25) is 0 Å². The summed E-state index contributed by atoms with van der Waals surface area (Å²) in [5.74, 6) is 0.455. The maximum atomic E-state index is 12.6. The highest BCUT2D eigenvalue weighted by atomic mass is 16.2. The average Bonchev–Trinajstić information content (AvgIpc) is 3.01. The van der Waals surface area contributed by atoms with Crippen LogP contribution in [0.5, 0.6) is 0 Å². The number of hydrogen-bond acceptors (Lipinski definition) is 4. The molecule has 1 saturated heterocycles. The van der Waals surface area contributed by atoms with Crippen LogP contribution < -0.4 is 5.73 Å². The van der Waals surface area contributed by atoms with E-state index in [4.69, 9.17) is 5.73 Å². The van der Waals surface area contributed by atoms with Gasteiger partial charge in [-0.25, -0.2) is 4.52 Å². The molecule has 0 aromatic carbocycles. The van der Waals surface area contributed by atoms with Crippen molar-refractivity contribution in [2.75, 3.05) is 13.1 Å². The lowest BCUT2D eigenvalue weighted by Gasteiger charge is -2.25. The molecule has 6 heteroatoms. The second kappa shape index (κ2) is 4.62. The molecule has 2 unspecified atom stereocenters. The van der Waals surface area contributed by atoms with Crippen molar-refractivity contribution in [3.63, 3.8) is 0 Å². The van der Waals surface area contributed by atoms with E-state index in [1.807, 2.05) is 4.90 Å². The van der Waals surface area contributed by atoms with E-state index in [1.165, 1.54) is 0 Å². The summed E-state index contributed by atoms with van der Waals surface area (Å²) in [5.41, 5.74) is 7.13. The van der Waals surface area contributed by atoms with E-state index < -0.39 is 0 Å². The molecule has 6 nitrogen and oxygen atoms in total. The third-order valence-corrected chi connectivity index (χ3v) is 3.94. The summed E-state index contributed by atoms with van der Waals surface area (Å²) in [6.07, 6.45) is 7.66. The lowest BCUT2D eigenvalue weighted by Crippen LogP contribution is -2.42. The van der Waals surface area contributed by atoms with Crippen LogP contribution in [0.4, 0.5) is 0 Å². The predicted octanol–water partition coefficient (Wildman–Crippen LogP) is 0.539. The minimum Gasteiger partial charge on any atom is -0.334 e. The molecule has 0 bridgehead atoms. The lowest BCUT2D eigenvalue weighted by atomic mass is 10.0. The molecule has 100 valence electrons.